The Morgan fingerprint density at radius 1 is 1.19 bits per heavy atom. The Balaban J connectivity index is 1.67. The lowest BCUT2D eigenvalue weighted by Crippen LogP contribution is -2.32. The Hall–Kier alpha value is -1.96. The third kappa shape index (κ3) is 7.30. The van der Waals surface area contributed by atoms with Gasteiger partial charge >= 0.3 is 0 Å². The number of aliphatic hydroxyl groups excluding tert-OH is 2. The molecule has 1 fully saturated rings. The van der Waals surface area contributed by atoms with Gasteiger partial charge in [-0.2, -0.15) is 0 Å². The molecule has 0 radical (unpaired) electrons. The van der Waals surface area contributed by atoms with Crippen molar-refractivity contribution in [3.8, 4) is 5.75 Å². The zero-order valence-electron chi connectivity index (χ0n) is 17.7. The summed E-state index contributed by atoms with van der Waals surface area (Å²) in [6, 6.07) is 13.9. The number of nitrogens with zero attached hydrogens (tertiary/aromatic N) is 1. The van der Waals surface area contributed by atoms with Crippen LogP contribution in [-0.2, 0) is 15.9 Å². The van der Waals surface area contributed by atoms with Crippen molar-refractivity contribution < 1.29 is 24.4 Å². The quantitative estimate of drug-likeness (QED) is 0.426. The second-order valence-electron chi connectivity index (χ2n) is 7.49. The monoisotopic (exact) mass is 447 g/mol. The highest BCUT2D eigenvalue weighted by Gasteiger charge is 2.28. The molecule has 2 aromatic rings. The summed E-state index contributed by atoms with van der Waals surface area (Å²) >= 11 is 6.47. The van der Waals surface area contributed by atoms with E-state index in [0.29, 0.717) is 30.9 Å². The van der Waals surface area contributed by atoms with Gasteiger partial charge in [0.25, 0.3) is 0 Å². The lowest BCUT2D eigenvalue weighted by Gasteiger charge is -2.32. The number of aliphatic imine (C=N–C) groups is 1. The van der Waals surface area contributed by atoms with Gasteiger partial charge in [0.05, 0.1) is 38.1 Å². The minimum atomic E-state index is -0.473. The topological polar surface area (TPSA) is 80.5 Å². The van der Waals surface area contributed by atoms with Gasteiger partial charge in [-0.15, -0.1) is 0 Å². The first kappa shape index (κ1) is 23.7. The maximum absolute atomic E-state index is 10.3. The number of hydrogen-bond acceptors (Lipinski definition) is 6. The van der Waals surface area contributed by atoms with Gasteiger partial charge < -0.3 is 24.4 Å². The first-order chi connectivity index (χ1) is 15.1. The summed E-state index contributed by atoms with van der Waals surface area (Å²) in [4.78, 5) is 4.18. The van der Waals surface area contributed by atoms with E-state index in [-0.39, 0.29) is 32.2 Å². The highest BCUT2D eigenvalue weighted by atomic mass is 35.5. The molecule has 1 saturated heterocycles. The van der Waals surface area contributed by atoms with Crippen LogP contribution in [0.5, 0.6) is 5.75 Å². The largest absolute Gasteiger partial charge is 0.494 e. The van der Waals surface area contributed by atoms with E-state index in [1.54, 1.807) is 6.21 Å². The first-order valence-electron chi connectivity index (χ1n) is 10.6. The summed E-state index contributed by atoms with van der Waals surface area (Å²) in [5.41, 5.74) is 3.13. The smallest absolute Gasteiger partial charge is 0.137 e. The summed E-state index contributed by atoms with van der Waals surface area (Å²) in [5, 5.41) is 19.8. The molecule has 0 unspecified atom stereocenters. The van der Waals surface area contributed by atoms with E-state index in [1.165, 1.54) is 0 Å². The highest BCUT2D eigenvalue weighted by Crippen LogP contribution is 2.33. The molecule has 0 saturated carbocycles. The fourth-order valence-electron chi connectivity index (χ4n) is 3.61. The molecule has 168 valence electrons. The average molecular weight is 448 g/mol. The molecule has 7 heteroatoms. The third-order valence-corrected chi connectivity index (χ3v) is 5.44. The van der Waals surface area contributed by atoms with Gasteiger partial charge in [-0.05, 0) is 48.2 Å². The number of ether oxygens (including phenoxy) is 3. The molecule has 31 heavy (non-hydrogen) atoms. The maximum Gasteiger partial charge on any atom is 0.137 e. The van der Waals surface area contributed by atoms with Crippen LogP contribution in [0.3, 0.4) is 0 Å². The lowest BCUT2D eigenvalue weighted by atomic mass is 9.94. The van der Waals surface area contributed by atoms with Crippen molar-refractivity contribution in [2.24, 2.45) is 4.99 Å². The lowest BCUT2D eigenvalue weighted by molar-refractivity contribution is -0.0682. The SMILES string of the molecule is CCOc1ccc(Cc2cc([C@H]3C[C@@H](O)C[C@@H](/C=N/COCCO)O3)ccc2Cl)cc1. The van der Waals surface area contributed by atoms with Gasteiger partial charge in [0.2, 0.25) is 0 Å². The summed E-state index contributed by atoms with van der Waals surface area (Å²) in [5.74, 6) is 0.852. The number of aliphatic hydroxyl groups is 2. The Morgan fingerprint density at radius 3 is 2.74 bits per heavy atom. The van der Waals surface area contributed by atoms with Crippen LogP contribution in [-0.4, -0.2) is 55.2 Å². The van der Waals surface area contributed by atoms with Crippen molar-refractivity contribution in [3.63, 3.8) is 0 Å². The summed E-state index contributed by atoms with van der Waals surface area (Å²) in [7, 11) is 0. The van der Waals surface area contributed by atoms with Crippen LogP contribution in [0.2, 0.25) is 5.02 Å². The summed E-state index contributed by atoms with van der Waals surface area (Å²) in [6.45, 7) is 2.98. The average Bonchev–Trinajstić information content (AvgIpc) is 2.76. The van der Waals surface area contributed by atoms with E-state index < -0.39 is 6.10 Å². The van der Waals surface area contributed by atoms with E-state index in [0.717, 1.165) is 22.4 Å². The number of hydrogen-bond donors (Lipinski definition) is 2. The highest BCUT2D eigenvalue weighted by molar-refractivity contribution is 6.31. The molecule has 1 aliphatic rings. The van der Waals surface area contributed by atoms with Crippen LogP contribution in [0.4, 0.5) is 0 Å². The normalized spacial score (nSPS) is 21.5. The summed E-state index contributed by atoms with van der Waals surface area (Å²) in [6.07, 6.45) is 2.37. The number of halogens is 1. The van der Waals surface area contributed by atoms with E-state index in [2.05, 4.69) is 11.1 Å². The molecular weight excluding hydrogens is 418 g/mol. The Kier molecular flexibility index (Phi) is 9.31. The van der Waals surface area contributed by atoms with Crippen molar-refractivity contribution >= 4 is 17.8 Å². The van der Waals surface area contributed by atoms with Crippen LogP contribution < -0.4 is 4.74 Å². The zero-order valence-corrected chi connectivity index (χ0v) is 18.5. The molecule has 3 rings (SSSR count). The zero-order chi connectivity index (χ0) is 22.1. The minimum absolute atomic E-state index is 0.0359. The van der Waals surface area contributed by atoms with Crippen LogP contribution in [0.15, 0.2) is 47.5 Å². The minimum Gasteiger partial charge on any atom is -0.494 e. The summed E-state index contributed by atoms with van der Waals surface area (Å²) < 4.78 is 16.8. The Morgan fingerprint density at radius 2 is 2.00 bits per heavy atom. The van der Waals surface area contributed by atoms with Crippen molar-refractivity contribution in [2.45, 2.75) is 44.5 Å². The van der Waals surface area contributed by atoms with E-state index >= 15 is 0 Å². The fourth-order valence-corrected chi connectivity index (χ4v) is 3.79. The first-order valence-corrected chi connectivity index (χ1v) is 11.0. The molecule has 0 aliphatic carbocycles. The molecular formula is C24H30ClNO5. The number of rotatable bonds is 10. The van der Waals surface area contributed by atoms with Gasteiger partial charge in [-0.3, -0.25) is 4.99 Å². The van der Waals surface area contributed by atoms with Crippen LogP contribution in [0.1, 0.15) is 42.6 Å². The van der Waals surface area contributed by atoms with Crippen molar-refractivity contribution in [3.05, 3.63) is 64.2 Å². The van der Waals surface area contributed by atoms with E-state index in [4.69, 9.17) is 30.9 Å². The molecule has 6 nitrogen and oxygen atoms in total. The number of benzene rings is 2. The standard InChI is InChI=1S/C24H30ClNO5/c1-2-30-21-6-3-17(4-7-21)11-19-12-18(5-8-23(19)25)24-14-20(28)13-22(31-24)15-26-16-29-10-9-27/h3-8,12,15,20,22,24,27-28H,2,9-11,13-14,16H2,1H3/b26-15+/t20-,22-,24+/m0/s1. The van der Waals surface area contributed by atoms with Gasteiger partial charge in [-0.1, -0.05) is 35.9 Å². The second kappa shape index (κ2) is 12.2. The predicted molar refractivity (Wildman–Crippen MR) is 121 cm³/mol. The molecule has 1 aliphatic heterocycles. The molecule has 0 spiro atoms. The second-order valence-corrected chi connectivity index (χ2v) is 7.89. The Bertz CT molecular complexity index is 842. The van der Waals surface area contributed by atoms with Gasteiger partial charge in [0.1, 0.15) is 12.5 Å². The molecule has 2 aromatic carbocycles. The maximum atomic E-state index is 10.3. The van der Waals surface area contributed by atoms with Gasteiger partial charge in [-0.25, -0.2) is 0 Å². The van der Waals surface area contributed by atoms with Crippen molar-refractivity contribution in [2.75, 3.05) is 26.6 Å². The fraction of sp³-hybridized carbons (Fsp3) is 0.458. The van der Waals surface area contributed by atoms with Crippen molar-refractivity contribution in [1.29, 1.82) is 0 Å². The van der Waals surface area contributed by atoms with Gasteiger partial charge in [0.15, 0.2) is 0 Å². The molecule has 2 N–H and O–H groups in total. The van der Waals surface area contributed by atoms with E-state index in [9.17, 15) is 5.11 Å². The third-order valence-electron chi connectivity index (χ3n) is 5.07. The predicted octanol–water partition coefficient (Wildman–Crippen LogP) is 3.95. The van der Waals surface area contributed by atoms with Gasteiger partial charge in [0, 0.05) is 24.1 Å². The molecule has 1 heterocycles. The Labute approximate surface area is 188 Å². The van der Waals surface area contributed by atoms with Crippen LogP contribution in [0, 0.1) is 0 Å². The molecule has 0 aromatic heterocycles. The van der Waals surface area contributed by atoms with Crippen LogP contribution in [0.25, 0.3) is 0 Å². The molecule has 3 atom stereocenters. The van der Waals surface area contributed by atoms with E-state index in [1.807, 2.05) is 43.3 Å². The van der Waals surface area contributed by atoms with Crippen molar-refractivity contribution in [1.82, 2.24) is 0 Å². The molecule has 0 bridgehead atoms. The van der Waals surface area contributed by atoms with Crippen LogP contribution >= 0.6 is 11.6 Å². The molecule has 0 amide bonds.